The molecule has 1 amide bonds. The molecule has 0 atom stereocenters. The van der Waals surface area contributed by atoms with Crippen LogP contribution in [0.25, 0.3) is 0 Å². The second-order valence-corrected chi connectivity index (χ2v) is 5.13. The first-order valence-electron chi connectivity index (χ1n) is 7.49. The zero-order valence-corrected chi connectivity index (χ0v) is 12.7. The van der Waals surface area contributed by atoms with Crippen molar-refractivity contribution in [2.45, 2.75) is 0 Å². The van der Waals surface area contributed by atoms with Crippen molar-refractivity contribution in [3.05, 3.63) is 59.9 Å². The van der Waals surface area contributed by atoms with Gasteiger partial charge in [0.15, 0.2) is 0 Å². The second-order valence-electron chi connectivity index (χ2n) is 5.13. The van der Waals surface area contributed by atoms with Crippen molar-refractivity contribution >= 4 is 17.8 Å². The number of ether oxygens (including phenoxy) is 1. The fraction of sp³-hybridized carbons (Fsp3) is 0.235. The largest absolute Gasteiger partial charge is 0.378 e. The normalized spacial score (nSPS) is 14.9. The summed E-state index contributed by atoms with van der Waals surface area (Å²) in [6.07, 6.45) is 4.77. The molecule has 0 unspecified atom stereocenters. The van der Waals surface area contributed by atoms with Crippen molar-refractivity contribution in [1.82, 2.24) is 10.4 Å². The van der Waals surface area contributed by atoms with Crippen LogP contribution >= 0.6 is 0 Å². The molecule has 0 aliphatic carbocycles. The Balaban J connectivity index is 1.56. The minimum absolute atomic E-state index is 0.256. The topological polar surface area (TPSA) is 66.8 Å². The molecule has 2 heterocycles. The number of nitrogens with one attached hydrogen (secondary N) is 1. The summed E-state index contributed by atoms with van der Waals surface area (Å²) in [5, 5.41) is 3.98. The lowest BCUT2D eigenvalue weighted by Crippen LogP contribution is -2.36. The molecule has 6 heteroatoms. The molecule has 118 valence electrons. The van der Waals surface area contributed by atoms with Crippen molar-refractivity contribution in [2.75, 3.05) is 31.2 Å². The molecule has 1 saturated heterocycles. The monoisotopic (exact) mass is 310 g/mol. The second kappa shape index (κ2) is 7.51. The molecule has 1 aliphatic heterocycles. The van der Waals surface area contributed by atoms with Gasteiger partial charge >= 0.3 is 0 Å². The van der Waals surface area contributed by atoms with Gasteiger partial charge in [-0.2, -0.15) is 5.10 Å². The third-order valence-electron chi connectivity index (χ3n) is 3.59. The zero-order chi connectivity index (χ0) is 15.9. The minimum Gasteiger partial charge on any atom is -0.378 e. The van der Waals surface area contributed by atoms with E-state index < -0.39 is 0 Å². The molecule has 1 aliphatic rings. The maximum Gasteiger partial charge on any atom is 0.271 e. The Bertz CT molecular complexity index is 665. The van der Waals surface area contributed by atoms with Gasteiger partial charge in [0.1, 0.15) is 0 Å². The van der Waals surface area contributed by atoms with E-state index in [4.69, 9.17) is 4.74 Å². The van der Waals surface area contributed by atoms with Gasteiger partial charge in [0, 0.05) is 36.7 Å². The quantitative estimate of drug-likeness (QED) is 0.689. The first kappa shape index (κ1) is 15.2. The number of hydrogen-bond acceptors (Lipinski definition) is 5. The molecule has 1 aromatic carbocycles. The molecule has 0 saturated carbocycles. The highest BCUT2D eigenvalue weighted by molar-refractivity contribution is 5.94. The number of anilines is 1. The molecular formula is C17H18N4O2. The molecule has 0 radical (unpaired) electrons. The highest BCUT2D eigenvalue weighted by Gasteiger charge is 2.10. The number of amides is 1. The van der Waals surface area contributed by atoms with Crippen molar-refractivity contribution in [3.63, 3.8) is 0 Å². The van der Waals surface area contributed by atoms with Crippen molar-refractivity contribution in [1.29, 1.82) is 0 Å². The molecule has 0 spiro atoms. The van der Waals surface area contributed by atoms with Gasteiger partial charge in [-0.25, -0.2) is 5.43 Å². The number of pyridine rings is 1. The van der Waals surface area contributed by atoms with Crippen molar-refractivity contribution in [3.8, 4) is 0 Å². The molecule has 3 rings (SSSR count). The number of carbonyl (C=O) groups excluding carboxylic acids is 1. The fourth-order valence-corrected chi connectivity index (χ4v) is 2.33. The highest BCUT2D eigenvalue weighted by Crippen LogP contribution is 2.15. The summed E-state index contributed by atoms with van der Waals surface area (Å²) >= 11 is 0. The van der Waals surface area contributed by atoms with Crippen LogP contribution in [0.3, 0.4) is 0 Å². The van der Waals surface area contributed by atoms with Crippen LogP contribution in [-0.4, -0.2) is 43.4 Å². The van der Waals surface area contributed by atoms with E-state index in [-0.39, 0.29) is 5.91 Å². The first-order chi connectivity index (χ1) is 11.3. The molecule has 1 fully saturated rings. The average Bonchev–Trinajstić information content (AvgIpc) is 2.64. The van der Waals surface area contributed by atoms with E-state index in [1.165, 1.54) is 5.69 Å². The lowest BCUT2D eigenvalue weighted by molar-refractivity contribution is 0.0955. The van der Waals surface area contributed by atoms with Gasteiger partial charge in [-0.1, -0.05) is 12.1 Å². The van der Waals surface area contributed by atoms with E-state index in [9.17, 15) is 4.79 Å². The molecule has 2 aromatic rings. The van der Waals surface area contributed by atoms with Gasteiger partial charge < -0.3 is 9.64 Å². The molecular weight excluding hydrogens is 292 g/mol. The number of aromatic nitrogens is 1. The predicted molar refractivity (Wildman–Crippen MR) is 88.8 cm³/mol. The van der Waals surface area contributed by atoms with E-state index in [1.807, 2.05) is 12.1 Å². The van der Waals surface area contributed by atoms with E-state index >= 15 is 0 Å². The Morgan fingerprint density at radius 2 is 1.83 bits per heavy atom. The van der Waals surface area contributed by atoms with E-state index in [0.29, 0.717) is 5.56 Å². The first-order valence-corrected chi connectivity index (χ1v) is 7.49. The SMILES string of the molecule is O=C(N/N=C\c1ccc(N2CCOCC2)cc1)c1ccncc1. The smallest absolute Gasteiger partial charge is 0.271 e. The standard InChI is InChI=1S/C17H18N4O2/c22-17(15-5-7-18-8-6-15)20-19-13-14-1-3-16(4-2-14)21-9-11-23-12-10-21/h1-8,13H,9-12H2,(H,20,22)/b19-13-. The van der Waals surface area contributed by atoms with Gasteiger partial charge in [-0.15, -0.1) is 0 Å². The number of rotatable bonds is 4. The molecule has 23 heavy (non-hydrogen) atoms. The highest BCUT2D eigenvalue weighted by atomic mass is 16.5. The van der Waals surface area contributed by atoms with Crippen molar-refractivity contribution in [2.24, 2.45) is 5.10 Å². The maximum absolute atomic E-state index is 11.8. The fourth-order valence-electron chi connectivity index (χ4n) is 2.33. The molecule has 1 N–H and O–H groups in total. The van der Waals surface area contributed by atoms with Crippen LogP contribution in [0.2, 0.25) is 0 Å². The maximum atomic E-state index is 11.8. The van der Waals surface area contributed by atoms with Gasteiger partial charge in [-0.05, 0) is 29.8 Å². The average molecular weight is 310 g/mol. The van der Waals surface area contributed by atoms with Crippen LogP contribution < -0.4 is 10.3 Å². The Kier molecular flexibility index (Phi) is 4.95. The summed E-state index contributed by atoms with van der Waals surface area (Å²) in [6, 6.07) is 11.3. The Morgan fingerprint density at radius 3 is 2.52 bits per heavy atom. The van der Waals surface area contributed by atoms with Crippen LogP contribution in [0.15, 0.2) is 53.9 Å². The van der Waals surface area contributed by atoms with Gasteiger partial charge in [0.2, 0.25) is 0 Å². The lowest BCUT2D eigenvalue weighted by atomic mass is 10.2. The summed E-state index contributed by atoms with van der Waals surface area (Å²) in [5.41, 5.74) is 5.13. The number of carbonyl (C=O) groups is 1. The van der Waals surface area contributed by atoms with E-state index in [2.05, 4.69) is 32.5 Å². The third kappa shape index (κ3) is 4.14. The lowest BCUT2D eigenvalue weighted by Gasteiger charge is -2.28. The van der Waals surface area contributed by atoms with Gasteiger partial charge in [0.05, 0.1) is 19.4 Å². The van der Waals surface area contributed by atoms with Crippen LogP contribution in [0, 0.1) is 0 Å². The number of nitrogens with zero attached hydrogens (tertiary/aromatic N) is 3. The van der Waals surface area contributed by atoms with Gasteiger partial charge in [-0.3, -0.25) is 9.78 Å². The summed E-state index contributed by atoms with van der Waals surface area (Å²) in [4.78, 5) is 18.0. The summed E-state index contributed by atoms with van der Waals surface area (Å²) in [7, 11) is 0. The molecule has 6 nitrogen and oxygen atoms in total. The Morgan fingerprint density at radius 1 is 1.13 bits per heavy atom. The van der Waals surface area contributed by atoms with E-state index in [1.54, 1.807) is 30.7 Å². The Labute approximate surface area is 134 Å². The third-order valence-corrected chi connectivity index (χ3v) is 3.59. The number of hydrogen-bond donors (Lipinski definition) is 1. The minimum atomic E-state index is -0.256. The molecule has 1 aromatic heterocycles. The van der Waals surface area contributed by atoms with Crippen LogP contribution in [-0.2, 0) is 4.74 Å². The number of morpholine rings is 1. The van der Waals surface area contributed by atoms with Gasteiger partial charge in [0.25, 0.3) is 5.91 Å². The van der Waals surface area contributed by atoms with E-state index in [0.717, 1.165) is 31.9 Å². The molecule has 0 bridgehead atoms. The summed E-state index contributed by atoms with van der Waals surface area (Å²) in [5.74, 6) is -0.256. The van der Waals surface area contributed by atoms with Crippen LogP contribution in [0.1, 0.15) is 15.9 Å². The number of benzene rings is 1. The summed E-state index contributed by atoms with van der Waals surface area (Å²) in [6.45, 7) is 3.36. The summed E-state index contributed by atoms with van der Waals surface area (Å²) < 4.78 is 5.35. The number of hydrazone groups is 1. The Hall–Kier alpha value is -2.73. The van der Waals surface area contributed by atoms with Crippen LogP contribution in [0.4, 0.5) is 5.69 Å². The van der Waals surface area contributed by atoms with Crippen molar-refractivity contribution < 1.29 is 9.53 Å². The van der Waals surface area contributed by atoms with Crippen LogP contribution in [0.5, 0.6) is 0 Å². The zero-order valence-electron chi connectivity index (χ0n) is 12.7. The predicted octanol–water partition coefficient (Wildman–Crippen LogP) is 1.68.